The number of carbonyl (C=O) groups excluding carboxylic acids is 2. The summed E-state index contributed by atoms with van der Waals surface area (Å²) in [6.45, 7) is -0.0384. The number of carbonyl (C=O) groups is 2. The summed E-state index contributed by atoms with van der Waals surface area (Å²) in [4.78, 5) is 41.8. The van der Waals surface area contributed by atoms with E-state index in [1.807, 2.05) is 0 Å². The van der Waals surface area contributed by atoms with E-state index in [-0.39, 0.29) is 17.0 Å². The first-order valence-corrected chi connectivity index (χ1v) is 9.77. The highest BCUT2D eigenvalue weighted by Gasteiger charge is 2.46. The second-order valence-electron chi connectivity index (χ2n) is 7.95. The van der Waals surface area contributed by atoms with Crippen LogP contribution in [0.15, 0.2) is 29.1 Å². The van der Waals surface area contributed by atoms with Gasteiger partial charge in [-0.15, -0.1) is 0 Å². The van der Waals surface area contributed by atoms with Crippen LogP contribution in [0.2, 0.25) is 0 Å². The predicted octanol–water partition coefficient (Wildman–Crippen LogP) is 1.60. The van der Waals surface area contributed by atoms with E-state index in [9.17, 15) is 23.2 Å². The van der Waals surface area contributed by atoms with E-state index in [4.69, 9.17) is 0 Å². The number of fused-ring (bicyclic) bond motifs is 3. The molecular weight excluding hydrogens is 396 g/mol. The van der Waals surface area contributed by atoms with Crippen LogP contribution < -0.4 is 5.56 Å². The fourth-order valence-electron chi connectivity index (χ4n) is 4.38. The Labute approximate surface area is 169 Å². The van der Waals surface area contributed by atoms with Gasteiger partial charge in [0.05, 0.1) is 35.2 Å². The molecule has 0 bridgehead atoms. The lowest BCUT2D eigenvalue weighted by molar-refractivity contribution is -0.119. The van der Waals surface area contributed by atoms with Gasteiger partial charge in [0.15, 0.2) is 0 Å². The fourth-order valence-corrected chi connectivity index (χ4v) is 4.38. The Hall–Kier alpha value is -3.30. The zero-order valence-electron chi connectivity index (χ0n) is 16.0. The van der Waals surface area contributed by atoms with Gasteiger partial charge < -0.3 is 14.8 Å². The highest BCUT2D eigenvalue weighted by molar-refractivity contribution is 6.11. The molecule has 0 aliphatic carbocycles. The van der Waals surface area contributed by atoms with Gasteiger partial charge in [-0.25, -0.2) is 13.3 Å². The Bertz CT molecular complexity index is 1220. The molecule has 2 fully saturated rings. The number of aromatic nitrogens is 3. The number of aromatic amines is 1. The van der Waals surface area contributed by atoms with Crippen molar-refractivity contribution in [2.45, 2.75) is 24.7 Å². The van der Waals surface area contributed by atoms with E-state index in [0.717, 1.165) is 11.3 Å². The number of H-pyrrole nitrogens is 1. The first kappa shape index (κ1) is 18.7. The Morgan fingerprint density at radius 1 is 1.23 bits per heavy atom. The van der Waals surface area contributed by atoms with Gasteiger partial charge in [0.1, 0.15) is 5.65 Å². The standard InChI is InChI=1S/C20H19F2N5O3/c21-20(22)9-26(10-20)19(30)13-2-1-3-14-17(13)18-23-16(29)8-15(27(18)24-14)12-4-6-25(11-28)7-5-12/h1-3,8,11-12H,4-7,9-10H2,(H,23,29). The number of rotatable bonds is 3. The number of nitrogens with zero attached hydrogens (tertiary/aromatic N) is 4. The van der Waals surface area contributed by atoms with Crippen molar-refractivity contribution in [1.29, 1.82) is 0 Å². The number of halogens is 2. The van der Waals surface area contributed by atoms with Crippen molar-refractivity contribution < 1.29 is 18.4 Å². The molecule has 0 atom stereocenters. The lowest BCUT2D eigenvalue weighted by Gasteiger charge is -2.38. The van der Waals surface area contributed by atoms with Crippen LogP contribution in [-0.4, -0.2) is 68.8 Å². The molecule has 2 saturated heterocycles. The number of hydrogen-bond acceptors (Lipinski definition) is 4. The lowest BCUT2D eigenvalue weighted by Crippen LogP contribution is -2.58. The molecular formula is C20H19F2N5O3. The fraction of sp³-hybridized carbons (Fsp3) is 0.400. The van der Waals surface area contributed by atoms with Gasteiger partial charge in [-0.05, 0) is 25.0 Å². The van der Waals surface area contributed by atoms with Gasteiger partial charge in [-0.2, -0.15) is 5.10 Å². The Kier molecular flexibility index (Phi) is 4.12. The minimum Gasteiger partial charge on any atom is -0.345 e. The van der Waals surface area contributed by atoms with Crippen LogP contribution in [0.4, 0.5) is 8.78 Å². The molecule has 0 unspecified atom stereocenters. The molecule has 1 aromatic carbocycles. The third-order valence-corrected chi connectivity index (χ3v) is 5.92. The molecule has 8 nitrogen and oxygen atoms in total. The van der Waals surface area contributed by atoms with Gasteiger partial charge in [0.2, 0.25) is 6.41 Å². The number of amides is 2. The largest absolute Gasteiger partial charge is 0.345 e. The summed E-state index contributed by atoms with van der Waals surface area (Å²) in [6, 6.07) is 6.44. The third kappa shape index (κ3) is 2.94. The second kappa shape index (κ2) is 6.61. The van der Waals surface area contributed by atoms with Crippen LogP contribution in [0.5, 0.6) is 0 Å². The SMILES string of the molecule is O=CN1CCC(c2cc(=O)[nH]c3c4c(C(=O)N5CC(F)(F)C5)cccc4nn23)CC1. The molecule has 30 heavy (non-hydrogen) atoms. The van der Waals surface area contributed by atoms with Crippen molar-refractivity contribution in [1.82, 2.24) is 24.4 Å². The van der Waals surface area contributed by atoms with Crippen LogP contribution in [0, 0.1) is 0 Å². The molecule has 3 aromatic rings. The maximum absolute atomic E-state index is 13.3. The van der Waals surface area contributed by atoms with Crippen molar-refractivity contribution in [3.8, 4) is 0 Å². The molecule has 0 radical (unpaired) electrons. The molecule has 0 spiro atoms. The molecule has 2 amide bonds. The summed E-state index contributed by atoms with van der Waals surface area (Å²) in [5, 5.41) is 5.04. The highest BCUT2D eigenvalue weighted by atomic mass is 19.3. The van der Waals surface area contributed by atoms with Crippen LogP contribution in [-0.2, 0) is 4.79 Å². The predicted molar refractivity (Wildman–Crippen MR) is 104 cm³/mol. The van der Waals surface area contributed by atoms with E-state index in [1.165, 1.54) is 6.07 Å². The van der Waals surface area contributed by atoms with Gasteiger partial charge in [0, 0.05) is 25.1 Å². The van der Waals surface area contributed by atoms with Gasteiger partial charge in [0.25, 0.3) is 17.4 Å². The Balaban J connectivity index is 1.61. The van der Waals surface area contributed by atoms with Gasteiger partial charge >= 0.3 is 0 Å². The summed E-state index contributed by atoms with van der Waals surface area (Å²) >= 11 is 0. The van der Waals surface area contributed by atoms with E-state index in [2.05, 4.69) is 10.1 Å². The van der Waals surface area contributed by atoms with E-state index in [0.29, 0.717) is 48.2 Å². The number of alkyl halides is 2. The van der Waals surface area contributed by atoms with Crippen molar-refractivity contribution in [3.05, 3.63) is 45.9 Å². The molecule has 1 N–H and O–H groups in total. The molecule has 0 saturated carbocycles. The van der Waals surface area contributed by atoms with Crippen LogP contribution in [0.1, 0.15) is 34.8 Å². The summed E-state index contributed by atoms with van der Waals surface area (Å²) in [7, 11) is 0. The van der Waals surface area contributed by atoms with Crippen molar-refractivity contribution >= 4 is 28.9 Å². The van der Waals surface area contributed by atoms with E-state index < -0.39 is 24.9 Å². The minimum atomic E-state index is -2.86. The summed E-state index contributed by atoms with van der Waals surface area (Å²) < 4.78 is 28.1. The lowest BCUT2D eigenvalue weighted by atomic mass is 9.93. The maximum atomic E-state index is 13.3. The normalized spacial score (nSPS) is 19.3. The summed E-state index contributed by atoms with van der Waals surface area (Å²) in [5.74, 6) is -3.33. The zero-order valence-corrected chi connectivity index (χ0v) is 16.0. The first-order valence-electron chi connectivity index (χ1n) is 9.77. The zero-order chi connectivity index (χ0) is 21.0. The number of likely N-dealkylation sites (tertiary alicyclic amines) is 2. The summed E-state index contributed by atoms with van der Waals surface area (Å²) in [5.41, 5.74) is 1.50. The van der Waals surface area contributed by atoms with Crippen molar-refractivity contribution in [2.75, 3.05) is 26.2 Å². The molecule has 2 aromatic heterocycles. The quantitative estimate of drug-likeness (QED) is 0.658. The van der Waals surface area contributed by atoms with Crippen LogP contribution in [0.25, 0.3) is 16.6 Å². The van der Waals surface area contributed by atoms with E-state index in [1.54, 1.807) is 27.6 Å². The molecule has 156 valence electrons. The number of nitrogens with one attached hydrogen (secondary N) is 1. The molecule has 2 aliphatic heterocycles. The minimum absolute atomic E-state index is 0.0357. The second-order valence-corrected chi connectivity index (χ2v) is 7.95. The van der Waals surface area contributed by atoms with Crippen LogP contribution >= 0.6 is 0 Å². The number of hydrogen-bond donors (Lipinski definition) is 1. The Morgan fingerprint density at radius 3 is 2.63 bits per heavy atom. The highest BCUT2D eigenvalue weighted by Crippen LogP contribution is 2.32. The molecule has 4 heterocycles. The Morgan fingerprint density at radius 2 is 1.97 bits per heavy atom. The first-order chi connectivity index (χ1) is 14.4. The van der Waals surface area contributed by atoms with Gasteiger partial charge in [-0.1, -0.05) is 6.07 Å². The molecule has 10 heteroatoms. The third-order valence-electron chi connectivity index (χ3n) is 5.92. The number of piperidine rings is 1. The molecule has 5 rings (SSSR count). The van der Waals surface area contributed by atoms with Gasteiger partial charge in [-0.3, -0.25) is 14.4 Å². The smallest absolute Gasteiger partial charge is 0.282 e. The van der Waals surface area contributed by atoms with E-state index >= 15 is 0 Å². The van der Waals surface area contributed by atoms with Crippen molar-refractivity contribution in [2.24, 2.45) is 0 Å². The van der Waals surface area contributed by atoms with Crippen LogP contribution in [0.3, 0.4) is 0 Å². The topological polar surface area (TPSA) is 90.8 Å². The maximum Gasteiger partial charge on any atom is 0.282 e. The summed E-state index contributed by atoms with van der Waals surface area (Å²) in [6.07, 6.45) is 2.22. The average molecular weight is 415 g/mol. The average Bonchev–Trinajstić information content (AvgIpc) is 3.09. The number of benzene rings is 1. The molecule has 2 aliphatic rings. The monoisotopic (exact) mass is 415 g/mol. The van der Waals surface area contributed by atoms with Crippen molar-refractivity contribution in [3.63, 3.8) is 0 Å².